The van der Waals surface area contributed by atoms with Crippen LogP contribution in [-0.2, 0) is 26.2 Å². The number of methoxy groups -OCH3 is 2. The van der Waals surface area contributed by atoms with Gasteiger partial charge in [-0.2, -0.15) is 0 Å². The van der Waals surface area contributed by atoms with Gasteiger partial charge in [0.05, 0.1) is 24.8 Å². The summed E-state index contributed by atoms with van der Waals surface area (Å²) in [6.07, 6.45) is 0.322. The van der Waals surface area contributed by atoms with E-state index in [2.05, 4.69) is 5.32 Å². The van der Waals surface area contributed by atoms with Gasteiger partial charge in [-0.15, -0.1) is 0 Å². The molecule has 3 aromatic carbocycles. The SMILES string of the molecule is CC[C@@H](C(=O)NC(C)(C)C)N(Cc1ccc(OC)cc1)C(=O)CN(c1cc(C)ccc1OC)S(=O)(=O)c1ccc(C)cc1. The highest BCUT2D eigenvalue weighted by molar-refractivity contribution is 7.92. The van der Waals surface area contributed by atoms with Gasteiger partial charge in [0.15, 0.2) is 0 Å². The Bertz CT molecular complexity index is 1510. The second-order valence-corrected chi connectivity index (χ2v) is 13.4. The van der Waals surface area contributed by atoms with Crippen molar-refractivity contribution in [1.29, 1.82) is 0 Å². The van der Waals surface area contributed by atoms with Crippen molar-refractivity contribution in [1.82, 2.24) is 10.2 Å². The molecule has 2 amide bonds. The standard InChI is InChI=1S/C33H43N3O6S/c1-9-28(32(38)34-33(4,5)6)35(21-25-13-15-26(41-7)16-14-25)31(37)22-36(29-20-24(3)12-19-30(29)42-8)43(39,40)27-17-10-23(2)11-18-27/h10-20,28H,9,21-22H2,1-8H3,(H,34,38)/t28-/m0/s1. The number of hydrogen-bond donors (Lipinski definition) is 1. The van der Waals surface area contributed by atoms with Gasteiger partial charge in [0.2, 0.25) is 11.8 Å². The maximum absolute atomic E-state index is 14.3. The van der Waals surface area contributed by atoms with Crippen LogP contribution in [0.2, 0.25) is 0 Å². The Morgan fingerprint density at radius 2 is 1.49 bits per heavy atom. The number of sulfonamides is 1. The van der Waals surface area contributed by atoms with Crippen LogP contribution in [0.25, 0.3) is 0 Å². The number of anilines is 1. The van der Waals surface area contributed by atoms with Crippen LogP contribution in [0.4, 0.5) is 5.69 Å². The van der Waals surface area contributed by atoms with E-state index in [4.69, 9.17) is 9.47 Å². The van der Waals surface area contributed by atoms with Crippen molar-refractivity contribution >= 4 is 27.5 Å². The monoisotopic (exact) mass is 609 g/mol. The molecule has 0 aliphatic heterocycles. The lowest BCUT2D eigenvalue weighted by atomic mass is 10.1. The first kappa shape index (κ1) is 33.5. The molecular weight excluding hydrogens is 566 g/mol. The lowest BCUT2D eigenvalue weighted by Crippen LogP contribution is -2.55. The number of hydrogen-bond acceptors (Lipinski definition) is 6. The Kier molecular flexibility index (Phi) is 10.9. The van der Waals surface area contributed by atoms with Gasteiger partial charge in [0.1, 0.15) is 24.1 Å². The molecule has 0 bridgehead atoms. The van der Waals surface area contributed by atoms with Crippen LogP contribution in [0, 0.1) is 13.8 Å². The van der Waals surface area contributed by atoms with Crippen molar-refractivity contribution in [3.63, 3.8) is 0 Å². The van der Waals surface area contributed by atoms with Gasteiger partial charge < -0.3 is 19.7 Å². The minimum Gasteiger partial charge on any atom is -0.497 e. The van der Waals surface area contributed by atoms with Gasteiger partial charge in [-0.05, 0) is 88.6 Å². The Labute approximate surface area is 255 Å². The van der Waals surface area contributed by atoms with Crippen LogP contribution in [0.1, 0.15) is 50.8 Å². The highest BCUT2D eigenvalue weighted by Crippen LogP contribution is 2.34. The summed E-state index contributed by atoms with van der Waals surface area (Å²) in [6, 6.07) is 18.0. The quantitative estimate of drug-likeness (QED) is 0.301. The largest absolute Gasteiger partial charge is 0.497 e. The number of benzene rings is 3. The molecule has 0 aliphatic carbocycles. The van der Waals surface area contributed by atoms with Crippen LogP contribution < -0.4 is 19.1 Å². The Morgan fingerprint density at radius 3 is 2.02 bits per heavy atom. The molecule has 0 heterocycles. The lowest BCUT2D eigenvalue weighted by molar-refractivity contribution is -0.141. The number of nitrogens with one attached hydrogen (secondary N) is 1. The Morgan fingerprint density at radius 1 is 0.884 bits per heavy atom. The fraction of sp³-hybridized carbons (Fsp3) is 0.394. The summed E-state index contributed by atoms with van der Waals surface area (Å²) in [7, 11) is -1.21. The molecule has 0 spiro atoms. The van der Waals surface area contributed by atoms with E-state index >= 15 is 0 Å². The third kappa shape index (κ3) is 8.50. The highest BCUT2D eigenvalue weighted by Gasteiger charge is 2.35. The topological polar surface area (TPSA) is 105 Å². The second-order valence-electron chi connectivity index (χ2n) is 11.5. The first-order valence-corrected chi connectivity index (χ1v) is 15.6. The summed E-state index contributed by atoms with van der Waals surface area (Å²) in [5.74, 6) is 0.0956. The molecule has 3 rings (SSSR count). The number of carbonyl (C=O) groups is 2. The maximum atomic E-state index is 14.3. The molecule has 1 N–H and O–H groups in total. The molecule has 0 fully saturated rings. The van der Waals surface area contributed by atoms with Gasteiger partial charge in [0, 0.05) is 12.1 Å². The van der Waals surface area contributed by atoms with Crippen LogP contribution in [0.3, 0.4) is 0 Å². The minimum atomic E-state index is -4.22. The van der Waals surface area contributed by atoms with Crippen LogP contribution in [0.15, 0.2) is 71.6 Å². The van der Waals surface area contributed by atoms with Crippen molar-refractivity contribution < 1.29 is 27.5 Å². The van der Waals surface area contributed by atoms with Gasteiger partial charge in [-0.1, -0.05) is 42.8 Å². The summed E-state index contributed by atoms with van der Waals surface area (Å²) in [5, 5.41) is 2.98. The highest BCUT2D eigenvalue weighted by atomic mass is 32.2. The molecule has 0 aromatic heterocycles. The van der Waals surface area contributed by atoms with Gasteiger partial charge in [0.25, 0.3) is 10.0 Å². The zero-order valence-electron chi connectivity index (χ0n) is 26.3. The number of nitrogens with zero attached hydrogens (tertiary/aromatic N) is 2. The number of amides is 2. The zero-order chi connectivity index (χ0) is 31.9. The molecule has 0 aliphatic rings. The van der Waals surface area contributed by atoms with E-state index in [9.17, 15) is 18.0 Å². The van der Waals surface area contributed by atoms with Crippen molar-refractivity contribution in [3.05, 3.63) is 83.4 Å². The first-order valence-electron chi connectivity index (χ1n) is 14.2. The summed E-state index contributed by atoms with van der Waals surface area (Å²) in [5.41, 5.74) is 2.15. The summed E-state index contributed by atoms with van der Waals surface area (Å²) in [6.45, 7) is 10.7. The molecule has 3 aromatic rings. The van der Waals surface area contributed by atoms with E-state index in [-0.39, 0.29) is 23.0 Å². The number of aryl methyl sites for hydroxylation is 2. The summed E-state index contributed by atoms with van der Waals surface area (Å²) >= 11 is 0. The molecule has 0 unspecified atom stereocenters. The van der Waals surface area contributed by atoms with Gasteiger partial charge in [-0.3, -0.25) is 13.9 Å². The van der Waals surface area contributed by atoms with E-state index in [0.717, 1.165) is 21.0 Å². The minimum absolute atomic E-state index is 0.0358. The molecule has 1 atom stereocenters. The molecule has 9 nitrogen and oxygen atoms in total. The third-order valence-electron chi connectivity index (χ3n) is 6.89. The third-order valence-corrected chi connectivity index (χ3v) is 8.66. The second kappa shape index (κ2) is 13.9. The normalized spacial score (nSPS) is 12.3. The van der Waals surface area contributed by atoms with E-state index in [1.165, 1.54) is 24.1 Å². The van der Waals surface area contributed by atoms with E-state index < -0.39 is 34.1 Å². The van der Waals surface area contributed by atoms with Crippen molar-refractivity contribution in [3.8, 4) is 11.5 Å². The van der Waals surface area contributed by atoms with Crippen LogP contribution in [-0.4, -0.2) is 57.5 Å². The smallest absolute Gasteiger partial charge is 0.264 e. The van der Waals surface area contributed by atoms with E-state index in [1.807, 2.05) is 53.7 Å². The van der Waals surface area contributed by atoms with Gasteiger partial charge in [-0.25, -0.2) is 8.42 Å². The van der Waals surface area contributed by atoms with Crippen LogP contribution >= 0.6 is 0 Å². The van der Waals surface area contributed by atoms with E-state index in [1.54, 1.807) is 49.6 Å². The fourth-order valence-electron chi connectivity index (χ4n) is 4.65. The molecular formula is C33H43N3O6S. The molecule has 232 valence electrons. The lowest BCUT2D eigenvalue weighted by Gasteiger charge is -2.35. The Hall–Kier alpha value is -4.05. The predicted octanol–water partition coefficient (Wildman–Crippen LogP) is 5.24. The first-order chi connectivity index (χ1) is 20.2. The van der Waals surface area contributed by atoms with Gasteiger partial charge >= 0.3 is 0 Å². The van der Waals surface area contributed by atoms with Crippen LogP contribution in [0.5, 0.6) is 11.5 Å². The molecule has 0 saturated carbocycles. The number of rotatable bonds is 12. The summed E-state index contributed by atoms with van der Waals surface area (Å²) in [4.78, 5) is 29.3. The fourth-order valence-corrected chi connectivity index (χ4v) is 6.06. The zero-order valence-corrected chi connectivity index (χ0v) is 27.1. The number of carbonyl (C=O) groups excluding carboxylic acids is 2. The molecule has 0 saturated heterocycles. The average molecular weight is 610 g/mol. The van der Waals surface area contributed by atoms with E-state index in [0.29, 0.717) is 17.9 Å². The van der Waals surface area contributed by atoms with Crippen molar-refractivity contribution in [2.45, 2.75) is 71.0 Å². The molecule has 0 radical (unpaired) electrons. The predicted molar refractivity (Wildman–Crippen MR) is 169 cm³/mol. The maximum Gasteiger partial charge on any atom is 0.264 e. The molecule has 43 heavy (non-hydrogen) atoms. The number of ether oxygens (including phenoxy) is 2. The molecule has 10 heteroatoms. The van der Waals surface area contributed by atoms with Crippen molar-refractivity contribution in [2.24, 2.45) is 0 Å². The Balaban J connectivity index is 2.13. The average Bonchev–Trinajstić information content (AvgIpc) is 2.95. The summed E-state index contributed by atoms with van der Waals surface area (Å²) < 4.78 is 40.2. The van der Waals surface area contributed by atoms with Crippen molar-refractivity contribution in [2.75, 3.05) is 25.1 Å².